The lowest BCUT2D eigenvalue weighted by molar-refractivity contribution is -0.117. The van der Waals surface area contributed by atoms with Crippen LogP contribution in [0.5, 0.6) is 0 Å². The van der Waals surface area contributed by atoms with Crippen molar-refractivity contribution in [2.45, 2.75) is 78.0 Å². The van der Waals surface area contributed by atoms with Gasteiger partial charge in [-0.2, -0.15) is 0 Å². The number of benzene rings is 3. The molecule has 1 saturated heterocycles. The number of nitrogens with one attached hydrogen (secondary N) is 2. The zero-order chi connectivity index (χ0) is 34.3. The quantitative estimate of drug-likeness (QED) is 0.124. The molecule has 11 heteroatoms. The lowest BCUT2D eigenvalue weighted by atomic mass is 10.1. The highest BCUT2D eigenvalue weighted by Crippen LogP contribution is 2.36. The van der Waals surface area contributed by atoms with Crippen molar-refractivity contribution in [2.75, 3.05) is 23.3 Å². The maximum atomic E-state index is 13.6. The van der Waals surface area contributed by atoms with Gasteiger partial charge in [0.25, 0.3) is 5.91 Å². The lowest BCUT2D eigenvalue weighted by Crippen LogP contribution is -2.25. The third-order valence-electron chi connectivity index (χ3n) is 8.01. The molecule has 3 amide bonds. The van der Waals surface area contributed by atoms with Crippen LogP contribution in [0, 0.1) is 0 Å². The molecular weight excluding hydrogens is 610 g/mol. The van der Waals surface area contributed by atoms with Crippen LogP contribution < -0.4 is 15.5 Å². The van der Waals surface area contributed by atoms with Gasteiger partial charge in [0.2, 0.25) is 11.9 Å². The van der Waals surface area contributed by atoms with Crippen molar-refractivity contribution in [2.24, 2.45) is 0 Å². The first-order valence-electron chi connectivity index (χ1n) is 16.4. The normalized spacial score (nSPS) is 13.8. The van der Waals surface area contributed by atoms with E-state index in [4.69, 9.17) is 14.5 Å². The maximum Gasteiger partial charge on any atom is 0.407 e. The fraction of sp³-hybridized carbons (Fsp3) is 0.378. The van der Waals surface area contributed by atoms with E-state index in [9.17, 15) is 19.2 Å². The average molecular weight is 654 g/mol. The minimum atomic E-state index is -0.674. The van der Waals surface area contributed by atoms with Crippen LogP contribution in [0.4, 0.5) is 16.4 Å². The lowest BCUT2D eigenvalue weighted by Gasteiger charge is -2.22. The van der Waals surface area contributed by atoms with Gasteiger partial charge in [0.15, 0.2) is 0 Å². The Morgan fingerprint density at radius 1 is 0.958 bits per heavy atom. The van der Waals surface area contributed by atoms with E-state index in [0.29, 0.717) is 43.8 Å². The van der Waals surface area contributed by atoms with E-state index in [1.165, 1.54) is 6.07 Å². The van der Waals surface area contributed by atoms with Crippen LogP contribution in [-0.2, 0) is 20.9 Å². The zero-order valence-electron chi connectivity index (χ0n) is 28.0. The third kappa shape index (κ3) is 8.58. The van der Waals surface area contributed by atoms with Crippen LogP contribution in [0.3, 0.4) is 0 Å². The number of imidazole rings is 1. The molecule has 1 unspecified atom stereocenters. The molecule has 2 heterocycles. The molecule has 4 aromatic rings. The summed E-state index contributed by atoms with van der Waals surface area (Å²) in [6, 6.07) is 21.4. The first-order chi connectivity index (χ1) is 23.0. The van der Waals surface area contributed by atoms with Gasteiger partial charge in [0.1, 0.15) is 12.2 Å². The second-order valence-electron chi connectivity index (χ2n) is 13.0. The van der Waals surface area contributed by atoms with Gasteiger partial charge >= 0.3 is 12.1 Å². The van der Waals surface area contributed by atoms with Crippen molar-refractivity contribution in [3.05, 3.63) is 89.5 Å². The summed E-state index contributed by atoms with van der Waals surface area (Å²) in [6.07, 6.45) is 3.00. The molecule has 1 aliphatic heterocycles. The number of fused-ring (bicyclic) bond motifs is 1. The van der Waals surface area contributed by atoms with Crippen molar-refractivity contribution >= 4 is 46.5 Å². The first-order valence-corrected chi connectivity index (χ1v) is 16.4. The number of nitrogens with zero attached hydrogens (tertiary/aromatic N) is 3. The Labute approximate surface area is 280 Å². The average Bonchev–Trinajstić information content (AvgIpc) is 3.66. The van der Waals surface area contributed by atoms with E-state index in [2.05, 4.69) is 10.6 Å². The second-order valence-corrected chi connectivity index (χ2v) is 13.0. The predicted molar refractivity (Wildman–Crippen MR) is 184 cm³/mol. The molecule has 0 saturated carbocycles. The van der Waals surface area contributed by atoms with Crippen LogP contribution in [0.25, 0.3) is 11.0 Å². The molecule has 0 spiro atoms. The van der Waals surface area contributed by atoms with Crippen LogP contribution >= 0.6 is 0 Å². The number of para-hydroxylation sites is 1. The molecule has 0 aliphatic carbocycles. The summed E-state index contributed by atoms with van der Waals surface area (Å²) < 4.78 is 12.8. The summed E-state index contributed by atoms with van der Waals surface area (Å²) in [4.78, 5) is 57.9. The molecular formula is C37H43N5O6. The number of anilines is 2. The Hall–Kier alpha value is -5.19. The van der Waals surface area contributed by atoms with Crippen LogP contribution in [0.2, 0.25) is 0 Å². The summed E-state index contributed by atoms with van der Waals surface area (Å²) in [5.74, 6) is -0.553. The second kappa shape index (κ2) is 15.1. The van der Waals surface area contributed by atoms with Gasteiger partial charge in [-0.05, 0) is 89.3 Å². The largest absolute Gasteiger partial charge is 0.456 e. The Kier molecular flexibility index (Phi) is 10.8. The number of aromatic nitrogens is 2. The number of unbranched alkanes of at least 4 members (excludes halogenated alkanes) is 1. The number of esters is 1. The Bertz CT molecular complexity index is 1780. The molecule has 48 heavy (non-hydrogen) atoms. The molecule has 11 nitrogen and oxygen atoms in total. The van der Waals surface area contributed by atoms with Gasteiger partial charge in [-0.1, -0.05) is 42.5 Å². The van der Waals surface area contributed by atoms with Crippen LogP contribution in [0.1, 0.15) is 92.1 Å². The molecule has 1 aromatic heterocycles. The molecule has 5 rings (SSSR count). The summed E-state index contributed by atoms with van der Waals surface area (Å²) in [5, 5.41) is 5.78. The van der Waals surface area contributed by atoms with E-state index < -0.39 is 23.6 Å². The number of carbonyl (C=O) groups excluding carboxylic acids is 4. The molecule has 0 bridgehead atoms. The molecule has 2 N–H and O–H groups in total. The van der Waals surface area contributed by atoms with Gasteiger partial charge in [-0.3, -0.25) is 14.9 Å². The minimum Gasteiger partial charge on any atom is -0.456 e. The molecule has 3 aromatic carbocycles. The molecule has 1 atom stereocenters. The van der Waals surface area contributed by atoms with Crippen LogP contribution in [0.15, 0.2) is 72.8 Å². The maximum absolute atomic E-state index is 13.6. The van der Waals surface area contributed by atoms with Crippen molar-refractivity contribution in [3.8, 4) is 0 Å². The van der Waals surface area contributed by atoms with E-state index in [1.54, 1.807) is 43.9 Å². The standard InChI is InChI=1S/C37H43N5O6/c1-25(13-8-9-21-38-36(46)47-24-26-14-6-5-7-15-26)42-32-29(18-11-19-30(32)41-22-12-20-31(41)43)39-35(42)40-33(44)27-16-10-17-28(23-27)34(45)48-37(2,3)4/h5-7,10-11,14-19,23,25H,8-9,12-13,20-22,24H2,1-4H3,(H,38,46)(H,39,40,44). The summed E-state index contributed by atoms with van der Waals surface area (Å²) >= 11 is 0. The fourth-order valence-corrected chi connectivity index (χ4v) is 5.72. The zero-order valence-corrected chi connectivity index (χ0v) is 28.0. The van der Waals surface area contributed by atoms with Crippen molar-refractivity contribution in [1.29, 1.82) is 0 Å². The monoisotopic (exact) mass is 653 g/mol. The number of rotatable bonds is 12. The Morgan fingerprint density at radius 2 is 1.71 bits per heavy atom. The number of hydrogen-bond donors (Lipinski definition) is 2. The highest BCUT2D eigenvalue weighted by Gasteiger charge is 2.28. The number of ether oxygens (including phenoxy) is 2. The Morgan fingerprint density at radius 3 is 2.44 bits per heavy atom. The first kappa shape index (κ1) is 34.2. The highest BCUT2D eigenvalue weighted by atomic mass is 16.6. The van der Waals surface area contributed by atoms with Crippen molar-refractivity contribution in [1.82, 2.24) is 14.9 Å². The SMILES string of the molecule is CC(CCCCNC(=O)OCc1ccccc1)n1c(NC(=O)c2cccc(C(=O)OC(C)(C)C)c2)nc2cccc(N3CCCC3=O)c21. The number of carbonyl (C=O) groups is 4. The van der Waals surface area contributed by atoms with Crippen molar-refractivity contribution in [3.63, 3.8) is 0 Å². The molecule has 1 fully saturated rings. The number of hydrogen-bond acceptors (Lipinski definition) is 7. The van der Waals surface area contributed by atoms with E-state index >= 15 is 0 Å². The van der Waals surface area contributed by atoms with E-state index in [0.717, 1.165) is 29.6 Å². The number of amides is 3. The van der Waals surface area contributed by atoms with Crippen LogP contribution in [-0.4, -0.2) is 52.1 Å². The summed E-state index contributed by atoms with van der Waals surface area (Å²) in [5.41, 5.74) is 2.97. The molecule has 1 aliphatic rings. The smallest absolute Gasteiger partial charge is 0.407 e. The van der Waals surface area contributed by atoms with E-state index in [-0.39, 0.29) is 29.7 Å². The van der Waals surface area contributed by atoms with Gasteiger partial charge in [-0.25, -0.2) is 14.6 Å². The topological polar surface area (TPSA) is 132 Å². The van der Waals surface area contributed by atoms with Crippen molar-refractivity contribution < 1.29 is 28.7 Å². The Balaban J connectivity index is 1.31. The van der Waals surface area contributed by atoms with Gasteiger partial charge < -0.3 is 24.3 Å². The molecule has 252 valence electrons. The number of alkyl carbamates (subject to hydrolysis) is 1. The molecule has 0 radical (unpaired) electrons. The van der Waals surface area contributed by atoms with Gasteiger partial charge in [0, 0.05) is 31.1 Å². The summed E-state index contributed by atoms with van der Waals surface area (Å²) in [6.45, 7) is 8.68. The predicted octanol–water partition coefficient (Wildman–Crippen LogP) is 7.03. The van der Waals surface area contributed by atoms with Gasteiger partial charge in [0.05, 0.1) is 22.3 Å². The highest BCUT2D eigenvalue weighted by molar-refractivity contribution is 6.07. The van der Waals surface area contributed by atoms with Gasteiger partial charge in [-0.15, -0.1) is 0 Å². The summed E-state index contributed by atoms with van der Waals surface area (Å²) in [7, 11) is 0. The third-order valence-corrected chi connectivity index (χ3v) is 8.01. The van der Waals surface area contributed by atoms with E-state index in [1.807, 2.05) is 60.0 Å². The minimum absolute atomic E-state index is 0.0534. The fourth-order valence-electron chi connectivity index (χ4n) is 5.72.